The molecule has 0 aliphatic rings. The van der Waals surface area contributed by atoms with E-state index in [9.17, 15) is 9.59 Å². The predicted octanol–water partition coefficient (Wildman–Crippen LogP) is -2.11. The summed E-state index contributed by atoms with van der Waals surface area (Å²) in [4.78, 5) is 22.1. The normalized spacial score (nSPS) is 10.8. The molecule has 0 saturated heterocycles. The highest BCUT2D eigenvalue weighted by Gasteiger charge is 2.29. The smallest absolute Gasteiger partial charge is 0.264 e. The second-order valence-corrected chi connectivity index (χ2v) is 2.25. The number of amides is 1. The zero-order valence-electron chi connectivity index (χ0n) is 6.00. The molecule has 0 aliphatic carbocycles. The molecular formula is C5H11N3O2. The molecule has 0 rings (SSSR count). The van der Waals surface area contributed by atoms with Gasteiger partial charge < -0.3 is 4.90 Å². The van der Waals surface area contributed by atoms with Gasteiger partial charge in [-0.3, -0.25) is 21.1 Å². The van der Waals surface area contributed by atoms with Crippen LogP contribution in [0.4, 0.5) is 0 Å². The number of hydrogen-bond acceptors (Lipinski definition) is 4. The molecule has 0 spiro atoms. The summed E-state index contributed by atoms with van der Waals surface area (Å²) in [7, 11) is 2.95. The molecule has 4 N–H and O–H groups in total. The van der Waals surface area contributed by atoms with Crippen molar-refractivity contribution >= 4 is 12.2 Å². The lowest BCUT2D eigenvalue weighted by molar-refractivity contribution is -0.137. The second kappa shape index (κ2) is 2.76. The molecule has 0 aliphatic heterocycles. The van der Waals surface area contributed by atoms with Crippen LogP contribution in [-0.4, -0.2) is 36.9 Å². The summed E-state index contributed by atoms with van der Waals surface area (Å²) in [6, 6.07) is 0. The predicted molar refractivity (Wildman–Crippen MR) is 35.9 cm³/mol. The topological polar surface area (TPSA) is 89.4 Å². The molecular weight excluding hydrogens is 134 g/mol. The van der Waals surface area contributed by atoms with Crippen molar-refractivity contribution in [3.8, 4) is 0 Å². The Morgan fingerprint density at radius 1 is 1.50 bits per heavy atom. The van der Waals surface area contributed by atoms with Gasteiger partial charge in [-0.2, -0.15) is 0 Å². The van der Waals surface area contributed by atoms with Crippen LogP contribution in [0.3, 0.4) is 0 Å². The fourth-order valence-corrected chi connectivity index (χ4v) is 0.438. The van der Waals surface area contributed by atoms with Crippen LogP contribution in [0.2, 0.25) is 0 Å². The van der Waals surface area contributed by atoms with Gasteiger partial charge in [-0.15, -0.1) is 0 Å². The number of nitrogens with two attached hydrogens (primary N) is 2. The Morgan fingerprint density at radius 2 is 1.90 bits per heavy atom. The summed E-state index contributed by atoms with van der Waals surface area (Å²) in [6.45, 7) is 0. The Labute approximate surface area is 59.0 Å². The summed E-state index contributed by atoms with van der Waals surface area (Å²) < 4.78 is 0. The first-order valence-electron chi connectivity index (χ1n) is 2.67. The maximum absolute atomic E-state index is 10.8. The molecule has 10 heavy (non-hydrogen) atoms. The lowest BCUT2D eigenvalue weighted by Crippen LogP contribution is -2.61. The van der Waals surface area contributed by atoms with E-state index in [1.165, 1.54) is 14.1 Å². The van der Waals surface area contributed by atoms with Gasteiger partial charge in [-0.05, 0) is 0 Å². The number of aldehydes is 1. The molecule has 0 aromatic heterocycles. The molecule has 1 amide bonds. The van der Waals surface area contributed by atoms with E-state index in [-0.39, 0.29) is 6.29 Å². The van der Waals surface area contributed by atoms with Crippen molar-refractivity contribution in [3.05, 3.63) is 0 Å². The van der Waals surface area contributed by atoms with Crippen LogP contribution in [0.25, 0.3) is 0 Å². The lowest BCUT2D eigenvalue weighted by atomic mass is 10.2. The number of rotatable bonds is 2. The van der Waals surface area contributed by atoms with E-state index in [0.717, 1.165) is 4.90 Å². The molecule has 5 heteroatoms. The van der Waals surface area contributed by atoms with Gasteiger partial charge in [0.1, 0.15) is 0 Å². The van der Waals surface area contributed by atoms with Crippen LogP contribution in [0.5, 0.6) is 0 Å². The second-order valence-electron chi connectivity index (χ2n) is 2.25. The molecule has 0 unspecified atom stereocenters. The zero-order chi connectivity index (χ0) is 8.36. The van der Waals surface area contributed by atoms with Gasteiger partial charge in [0, 0.05) is 14.1 Å². The van der Waals surface area contributed by atoms with Crippen molar-refractivity contribution < 1.29 is 9.59 Å². The summed E-state index contributed by atoms with van der Waals surface area (Å²) in [5, 5.41) is 0. The van der Waals surface area contributed by atoms with E-state index in [1.54, 1.807) is 0 Å². The highest BCUT2D eigenvalue weighted by atomic mass is 16.2. The third-order valence-corrected chi connectivity index (χ3v) is 0.972. The van der Waals surface area contributed by atoms with Gasteiger partial charge in [0.15, 0.2) is 6.29 Å². The number of hydrogen-bond donors (Lipinski definition) is 2. The fourth-order valence-electron chi connectivity index (χ4n) is 0.438. The molecule has 58 valence electrons. The van der Waals surface area contributed by atoms with Gasteiger partial charge in [0.05, 0.1) is 0 Å². The van der Waals surface area contributed by atoms with Crippen LogP contribution in [-0.2, 0) is 9.59 Å². The van der Waals surface area contributed by atoms with Crippen molar-refractivity contribution in [1.82, 2.24) is 4.90 Å². The van der Waals surface area contributed by atoms with Gasteiger partial charge in [-0.1, -0.05) is 0 Å². The molecule has 0 saturated carbocycles. The molecule has 0 bridgehead atoms. The quantitative estimate of drug-likeness (QED) is 0.264. The van der Waals surface area contributed by atoms with Gasteiger partial charge >= 0.3 is 0 Å². The Hall–Kier alpha value is -0.940. The molecule has 0 atom stereocenters. The Morgan fingerprint density at radius 3 is 2.00 bits per heavy atom. The van der Waals surface area contributed by atoms with Gasteiger partial charge in [0.2, 0.25) is 5.66 Å². The maximum Gasteiger partial charge on any atom is 0.264 e. The minimum atomic E-state index is -1.87. The molecule has 0 fully saturated rings. The molecule has 0 aromatic carbocycles. The summed E-state index contributed by atoms with van der Waals surface area (Å²) in [5.74, 6) is -0.609. The third kappa shape index (κ3) is 1.78. The third-order valence-electron chi connectivity index (χ3n) is 0.972. The van der Waals surface area contributed by atoms with Crippen LogP contribution < -0.4 is 11.5 Å². The minimum absolute atomic E-state index is 0.218. The van der Waals surface area contributed by atoms with Gasteiger partial charge in [-0.25, -0.2) is 0 Å². The van der Waals surface area contributed by atoms with Gasteiger partial charge in [0.25, 0.3) is 5.91 Å². The fraction of sp³-hybridized carbons (Fsp3) is 0.600. The standard InChI is InChI=1S/C5H11N3O2/c1-8(2)4(10)5(6,7)3-9/h3H,6-7H2,1-2H3. The minimum Gasteiger partial charge on any atom is -0.346 e. The van der Waals surface area contributed by atoms with Crippen molar-refractivity contribution in [3.63, 3.8) is 0 Å². The average Bonchev–Trinajstić information content (AvgIpc) is 1.86. The summed E-state index contributed by atoms with van der Waals surface area (Å²) in [5.41, 5.74) is 8.29. The number of carbonyl (C=O) groups is 2. The molecule has 0 heterocycles. The largest absolute Gasteiger partial charge is 0.346 e. The Balaban J connectivity index is 4.33. The Bertz CT molecular complexity index is 153. The van der Waals surface area contributed by atoms with Crippen LogP contribution in [0.1, 0.15) is 0 Å². The zero-order valence-corrected chi connectivity index (χ0v) is 6.00. The molecule has 0 radical (unpaired) electrons. The van der Waals surface area contributed by atoms with Crippen LogP contribution in [0, 0.1) is 0 Å². The summed E-state index contributed by atoms with van der Waals surface area (Å²) in [6.07, 6.45) is 0.218. The number of nitrogens with zero attached hydrogens (tertiary/aromatic N) is 1. The van der Waals surface area contributed by atoms with E-state index in [0.29, 0.717) is 0 Å². The van der Waals surface area contributed by atoms with Crippen molar-refractivity contribution in [2.75, 3.05) is 14.1 Å². The average molecular weight is 145 g/mol. The maximum atomic E-state index is 10.8. The van der Waals surface area contributed by atoms with E-state index in [2.05, 4.69) is 0 Å². The highest BCUT2D eigenvalue weighted by molar-refractivity contribution is 5.99. The van der Waals surface area contributed by atoms with Crippen LogP contribution >= 0.6 is 0 Å². The molecule has 0 aromatic rings. The highest BCUT2D eigenvalue weighted by Crippen LogP contribution is 1.89. The van der Waals surface area contributed by atoms with E-state index in [1.807, 2.05) is 0 Å². The SMILES string of the molecule is CN(C)C(=O)C(N)(N)C=O. The lowest BCUT2D eigenvalue weighted by Gasteiger charge is -2.20. The van der Waals surface area contributed by atoms with Crippen molar-refractivity contribution in [2.45, 2.75) is 5.66 Å². The van der Waals surface area contributed by atoms with E-state index >= 15 is 0 Å². The first-order chi connectivity index (χ1) is 4.41. The van der Waals surface area contributed by atoms with Crippen molar-refractivity contribution in [2.24, 2.45) is 11.5 Å². The van der Waals surface area contributed by atoms with E-state index in [4.69, 9.17) is 11.5 Å². The Kier molecular flexibility index (Phi) is 2.50. The van der Waals surface area contributed by atoms with Crippen LogP contribution in [0.15, 0.2) is 0 Å². The summed E-state index contributed by atoms with van der Waals surface area (Å²) >= 11 is 0. The first-order valence-corrected chi connectivity index (χ1v) is 2.67. The number of likely N-dealkylation sites (N-methyl/N-ethyl adjacent to an activating group) is 1. The number of carbonyl (C=O) groups excluding carboxylic acids is 2. The monoisotopic (exact) mass is 145 g/mol. The first kappa shape index (κ1) is 9.06. The van der Waals surface area contributed by atoms with E-state index < -0.39 is 11.6 Å². The van der Waals surface area contributed by atoms with Crippen molar-refractivity contribution in [1.29, 1.82) is 0 Å². The molecule has 5 nitrogen and oxygen atoms in total.